The van der Waals surface area contributed by atoms with Gasteiger partial charge in [0.25, 0.3) is 0 Å². The van der Waals surface area contributed by atoms with E-state index in [4.69, 9.17) is 4.74 Å². The van der Waals surface area contributed by atoms with Crippen LogP contribution in [0.1, 0.15) is 25.5 Å². The number of hydrogen-bond donors (Lipinski definition) is 1. The number of rotatable bonds is 7. The maximum atomic E-state index is 12.4. The van der Waals surface area contributed by atoms with Crippen LogP contribution >= 0.6 is 22.6 Å². The molecule has 5 heteroatoms. The first-order chi connectivity index (χ1) is 11.5. The summed E-state index contributed by atoms with van der Waals surface area (Å²) >= 11 is 2.22. The van der Waals surface area contributed by atoms with Crippen LogP contribution in [0.5, 0.6) is 5.75 Å². The van der Waals surface area contributed by atoms with Crippen LogP contribution in [0.25, 0.3) is 0 Å². The molecule has 0 heterocycles. The lowest BCUT2D eigenvalue weighted by atomic mass is 10.1. The van der Waals surface area contributed by atoms with E-state index >= 15 is 0 Å². The third-order valence-electron chi connectivity index (χ3n) is 4.02. The van der Waals surface area contributed by atoms with Gasteiger partial charge in [-0.15, -0.1) is 0 Å². The first-order valence-electron chi connectivity index (χ1n) is 7.97. The number of benzene rings is 2. The Bertz CT molecular complexity index is 691. The molecule has 0 spiro atoms. The number of ether oxygens (including phenoxy) is 1. The van der Waals surface area contributed by atoms with Gasteiger partial charge in [0.1, 0.15) is 5.75 Å². The highest BCUT2D eigenvalue weighted by atomic mass is 127. The van der Waals surface area contributed by atoms with Crippen LogP contribution in [0.4, 0.5) is 5.69 Å². The molecule has 0 aliphatic heterocycles. The highest BCUT2D eigenvalue weighted by Gasteiger charge is 2.18. The number of para-hydroxylation sites is 1. The first-order valence-corrected chi connectivity index (χ1v) is 9.05. The van der Waals surface area contributed by atoms with Crippen LogP contribution in [0.15, 0.2) is 48.5 Å². The van der Waals surface area contributed by atoms with Crippen LogP contribution in [-0.4, -0.2) is 31.0 Å². The molecule has 2 aromatic rings. The van der Waals surface area contributed by atoms with Crippen molar-refractivity contribution in [1.29, 1.82) is 0 Å². The van der Waals surface area contributed by atoms with Crippen molar-refractivity contribution in [3.63, 3.8) is 0 Å². The lowest BCUT2D eigenvalue weighted by Crippen LogP contribution is -2.35. The topological polar surface area (TPSA) is 41.6 Å². The number of carbonyl (C=O) groups is 1. The van der Waals surface area contributed by atoms with Crippen LogP contribution in [-0.2, 0) is 4.79 Å². The summed E-state index contributed by atoms with van der Waals surface area (Å²) in [5.41, 5.74) is 1.99. The monoisotopic (exact) mass is 438 g/mol. The number of amides is 1. The van der Waals surface area contributed by atoms with Gasteiger partial charge in [-0.1, -0.05) is 31.2 Å². The lowest BCUT2D eigenvalue weighted by molar-refractivity contribution is -0.117. The highest BCUT2D eigenvalue weighted by molar-refractivity contribution is 14.1. The second-order valence-corrected chi connectivity index (χ2v) is 6.71. The number of methoxy groups -OCH3 is 1. The summed E-state index contributed by atoms with van der Waals surface area (Å²) in [6.45, 7) is 5.31. The van der Waals surface area contributed by atoms with Gasteiger partial charge in [-0.25, -0.2) is 0 Å². The van der Waals surface area contributed by atoms with Gasteiger partial charge >= 0.3 is 0 Å². The Balaban J connectivity index is 2.05. The molecule has 0 aromatic heterocycles. The van der Waals surface area contributed by atoms with E-state index in [0.717, 1.165) is 27.1 Å². The molecule has 1 N–H and O–H groups in total. The molecule has 4 nitrogen and oxygen atoms in total. The Morgan fingerprint density at radius 2 is 2.00 bits per heavy atom. The summed E-state index contributed by atoms with van der Waals surface area (Å²) in [6, 6.07) is 15.9. The number of anilines is 1. The Labute approximate surface area is 157 Å². The predicted octanol–water partition coefficient (Wildman–Crippen LogP) is 4.32. The van der Waals surface area contributed by atoms with E-state index in [0.29, 0.717) is 6.54 Å². The quantitative estimate of drug-likeness (QED) is 0.655. The Hall–Kier alpha value is -1.60. The third-order valence-corrected chi connectivity index (χ3v) is 4.97. The Morgan fingerprint density at radius 1 is 1.25 bits per heavy atom. The zero-order valence-electron chi connectivity index (χ0n) is 14.3. The smallest absolute Gasteiger partial charge is 0.238 e. The van der Waals surface area contributed by atoms with E-state index in [9.17, 15) is 4.79 Å². The number of likely N-dealkylation sites (N-methyl/N-ethyl adjacent to an activating group) is 1. The fourth-order valence-corrected chi connectivity index (χ4v) is 3.09. The van der Waals surface area contributed by atoms with E-state index in [1.807, 2.05) is 42.5 Å². The van der Waals surface area contributed by atoms with Crippen molar-refractivity contribution < 1.29 is 9.53 Å². The molecule has 1 amide bonds. The number of carbonyl (C=O) groups excluding carboxylic acids is 1. The number of hydrogen-bond acceptors (Lipinski definition) is 3. The second kappa shape index (κ2) is 9.03. The maximum absolute atomic E-state index is 12.4. The SMILES string of the molecule is CCN(CC(=O)Nc1ccccc1I)C(C)c1cccc(OC)c1. The predicted molar refractivity (Wildman–Crippen MR) is 106 cm³/mol. The van der Waals surface area contributed by atoms with E-state index in [1.165, 1.54) is 0 Å². The number of nitrogens with zero attached hydrogens (tertiary/aromatic N) is 1. The molecule has 1 unspecified atom stereocenters. The van der Waals surface area contributed by atoms with Gasteiger partial charge in [0.15, 0.2) is 0 Å². The summed E-state index contributed by atoms with van der Waals surface area (Å²) in [6.07, 6.45) is 0. The fraction of sp³-hybridized carbons (Fsp3) is 0.316. The van der Waals surface area contributed by atoms with Crippen LogP contribution in [0.2, 0.25) is 0 Å². The van der Waals surface area contributed by atoms with Crippen molar-refractivity contribution >= 4 is 34.2 Å². The third kappa shape index (κ3) is 4.95. The van der Waals surface area contributed by atoms with Crippen LogP contribution < -0.4 is 10.1 Å². The molecule has 24 heavy (non-hydrogen) atoms. The van der Waals surface area contributed by atoms with Crippen molar-refractivity contribution in [2.75, 3.05) is 25.5 Å². The molecule has 2 aromatic carbocycles. The maximum Gasteiger partial charge on any atom is 0.238 e. The average Bonchev–Trinajstić information content (AvgIpc) is 2.61. The van der Waals surface area contributed by atoms with Gasteiger partial charge in [-0.2, -0.15) is 0 Å². The number of nitrogens with one attached hydrogen (secondary N) is 1. The summed E-state index contributed by atoms with van der Waals surface area (Å²) in [7, 11) is 1.66. The van der Waals surface area contributed by atoms with Crippen molar-refractivity contribution in [2.45, 2.75) is 19.9 Å². The minimum atomic E-state index is -0.00397. The molecule has 128 valence electrons. The lowest BCUT2D eigenvalue weighted by Gasteiger charge is -2.27. The fourth-order valence-electron chi connectivity index (χ4n) is 2.57. The van der Waals surface area contributed by atoms with Gasteiger partial charge < -0.3 is 10.1 Å². The van der Waals surface area contributed by atoms with E-state index in [-0.39, 0.29) is 11.9 Å². The molecular weight excluding hydrogens is 415 g/mol. The molecule has 0 aliphatic rings. The molecule has 0 saturated heterocycles. The van der Waals surface area contributed by atoms with Gasteiger partial charge in [-0.05, 0) is 65.9 Å². The van der Waals surface area contributed by atoms with Gasteiger partial charge in [-0.3, -0.25) is 9.69 Å². The zero-order chi connectivity index (χ0) is 17.5. The second-order valence-electron chi connectivity index (χ2n) is 5.54. The van der Waals surface area contributed by atoms with Crippen LogP contribution in [0, 0.1) is 3.57 Å². The first kappa shape index (κ1) is 18.7. The molecule has 0 radical (unpaired) electrons. The standard InChI is InChI=1S/C19H23IN2O2/c1-4-22(14(2)15-8-7-9-16(12-15)24-3)13-19(23)21-18-11-6-5-10-17(18)20/h5-12,14H,4,13H2,1-3H3,(H,21,23). The van der Waals surface area contributed by atoms with E-state index in [1.54, 1.807) is 7.11 Å². The summed E-state index contributed by atoms with van der Waals surface area (Å²) in [4.78, 5) is 14.6. The normalized spacial score (nSPS) is 12.0. The van der Waals surface area contributed by atoms with Crippen molar-refractivity contribution in [2.24, 2.45) is 0 Å². The van der Waals surface area contributed by atoms with Gasteiger partial charge in [0.2, 0.25) is 5.91 Å². The average molecular weight is 438 g/mol. The molecule has 0 fully saturated rings. The summed E-state index contributed by atoms with van der Waals surface area (Å²) in [5, 5.41) is 2.99. The summed E-state index contributed by atoms with van der Waals surface area (Å²) in [5.74, 6) is 0.828. The Kier molecular flexibility index (Phi) is 7.05. The van der Waals surface area contributed by atoms with Gasteiger partial charge in [0.05, 0.1) is 19.3 Å². The van der Waals surface area contributed by atoms with E-state index < -0.39 is 0 Å². The van der Waals surface area contributed by atoms with Crippen molar-refractivity contribution in [1.82, 2.24) is 4.90 Å². The Morgan fingerprint density at radius 3 is 2.67 bits per heavy atom. The molecule has 0 aliphatic carbocycles. The zero-order valence-corrected chi connectivity index (χ0v) is 16.4. The van der Waals surface area contributed by atoms with Crippen molar-refractivity contribution in [3.05, 3.63) is 57.7 Å². The summed E-state index contributed by atoms with van der Waals surface area (Å²) < 4.78 is 6.33. The van der Waals surface area contributed by atoms with Gasteiger partial charge in [0, 0.05) is 9.61 Å². The molecule has 0 saturated carbocycles. The minimum Gasteiger partial charge on any atom is -0.497 e. The highest BCUT2D eigenvalue weighted by Crippen LogP contribution is 2.24. The van der Waals surface area contributed by atoms with Crippen molar-refractivity contribution in [3.8, 4) is 5.75 Å². The molecule has 1 atom stereocenters. The largest absolute Gasteiger partial charge is 0.497 e. The van der Waals surface area contributed by atoms with Crippen LogP contribution in [0.3, 0.4) is 0 Å². The minimum absolute atomic E-state index is 0.00397. The molecule has 0 bridgehead atoms. The number of halogens is 1. The molecule has 2 rings (SSSR count). The van der Waals surface area contributed by atoms with E-state index in [2.05, 4.69) is 52.7 Å². The molecular formula is C19H23IN2O2.